The maximum atomic E-state index is 12.4. The Labute approximate surface area is 165 Å². The van der Waals surface area contributed by atoms with Crippen molar-refractivity contribution in [1.82, 2.24) is 9.97 Å². The normalized spacial score (nSPS) is 10.4. The minimum absolute atomic E-state index is 0.0848. The molecule has 0 bridgehead atoms. The zero-order chi connectivity index (χ0) is 20.3. The predicted octanol–water partition coefficient (Wildman–Crippen LogP) is 4.70. The summed E-state index contributed by atoms with van der Waals surface area (Å²) in [6.07, 6.45) is 0. The first-order valence-corrected chi connectivity index (χ1v) is 8.55. The number of hydrogen-bond donors (Lipinski definition) is 1. The molecular weight excluding hydrogens is 384 g/mol. The van der Waals surface area contributed by atoms with Crippen molar-refractivity contribution in [3.05, 3.63) is 80.6 Å². The molecule has 1 amide bonds. The molecular formula is C19H15ClN4O4. The van der Waals surface area contributed by atoms with Gasteiger partial charge in [0.1, 0.15) is 11.3 Å². The standard InChI is InChI=1S/C19H15ClN4O4/c1-11-9-12(2)22-19(21-11)28-15-6-4-14(5-7-15)23-18(25)16-8-3-13(20)10-17(16)24(26)27/h3-10H,1-2H3,(H,23,25). The lowest BCUT2D eigenvalue weighted by atomic mass is 10.1. The highest BCUT2D eigenvalue weighted by atomic mass is 35.5. The SMILES string of the molecule is Cc1cc(C)nc(Oc2ccc(NC(=O)c3ccc(Cl)cc3[N+](=O)[O-])cc2)n1. The molecule has 9 heteroatoms. The monoisotopic (exact) mass is 398 g/mol. The first kappa shape index (κ1) is 19.2. The summed E-state index contributed by atoms with van der Waals surface area (Å²) in [5.74, 6) is -0.129. The second kappa shape index (κ2) is 8.01. The third-order valence-corrected chi connectivity index (χ3v) is 3.92. The van der Waals surface area contributed by atoms with Crippen LogP contribution in [0.15, 0.2) is 48.5 Å². The Morgan fingerprint density at radius 3 is 2.32 bits per heavy atom. The minimum Gasteiger partial charge on any atom is -0.424 e. The van der Waals surface area contributed by atoms with E-state index in [1.807, 2.05) is 19.9 Å². The Bertz CT molecular complexity index is 1030. The van der Waals surface area contributed by atoms with E-state index in [-0.39, 0.29) is 22.3 Å². The molecule has 1 N–H and O–H groups in total. The van der Waals surface area contributed by atoms with Crippen LogP contribution in [-0.2, 0) is 0 Å². The van der Waals surface area contributed by atoms with Gasteiger partial charge in [0.05, 0.1) is 4.92 Å². The van der Waals surface area contributed by atoms with Gasteiger partial charge in [-0.25, -0.2) is 9.97 Å². The first-order valence-electron chi connectivity index (χ1n) is 8.17. The molecule has 8 nitrogen and oxygen atoms in total. The molecule has 1 aromatic heterocycles. The molecule has 0 aliphatic rings. The Hall–Kier alpha value is -3.52. The van der Waals surface area contributed by atoms with Crippen LogP contribution in [0.4, 0.5) is 11.4 Å². The average molecular weight is 399 g/mol. The number of nitro benzene ring substituents is 1. The number of aryl methyl sites for hydroxylation is 2. The molecule has 0 radical (unpaired) electrons. The fraction of sp³-hybridized carbons (Fsp3) is 0.105. The number of nitro groups is 1. The number of hydrogen-bond acceptors (Lipinski definition) is 6. The molecule has 0 aliphatic heterocycles. The zero-order valence-electron chi connectivity index (χ0n) is 15.0. The Morgan fingerprint density at radius 1 is 1.07 bits per heavy atom. The average Bonchev–Trinajstić information content (AvgIpc) is 2.62. The number of halogens is 1. The lowest BCUT2D eigenvalue weighted by Crippen LogP contribution is -2.13. The lowest BCUT2D eigenvalue weighted by Gasteiger charge is -2.08. The van der Waals surface area contributed by atoms with Crippen LogP contribution in [-0.4, -0.2) is 20.8 Å². The van der Waals surface area contributed by atoms with Gasteiger partial charge in [0.25, 0.3) is 11.6 Å². The van der Waals surface area contributed by atoms with Crippen molar-refractivity contribution in [1.29, 1.82) is 0 Å². The first-order chi connectivity index (χ1) is 13.3. The van der Waals surface area contributed by atoms with Crippen LogP contribution in [0.1, 0.15) is 21.7 Å². The van der Waals surface area contributed by atoms with E-state index in [2.05, 4.69) is 15.3 Å². The molecule has 2 aromatic carbocycles. The number of amides is 1. The number of aromatic nitrogens is 2. The molecule has 142 valence electrons. The summed E-state index contributed by atoms with van der Waals surface area (Å²) < 4.78 is 5.61. The summed E-state index contributed by atoms with van der Waals surface area (Å²) >= 11 is 5.77. The highest BCUT2D eigenvalue weighted by molar-refractivity contribution is 6.31. The molecule has 0 atom stereocenters. The molecule has 0 saturated carbocycles. The Morgan fingerprint density at radius 2 is 1.71 bits per heavy atom. The molecule has 3 rings (SSSR count). The van der Waals surface area contributed by atoms with Gasteiger partial charge in [-0.3, -0.25) is 14.9 Å². The summed E-state index contributed by atoms with van der Waals surface area (Å²) in [7, 11) is 0. The van der Waals surface area contributed by atoms with E-state index in [1.54, 1.807) is 24.3 Å². The quantitative estimate of drug-likeness (QED) is 0.493. The van der Waals surface area contributed by atoms with Gasteiger partial charge in [0.15, 0.2) is 0 Å². The zero-order valence-corrected chi connectivity index (χ0v) is 15.7. The van der Waals surface area contributed by atoms with Crippen LogP contribution in [0.5, 0.6) is 11.8 Å². The van der Waals surface area contributed by atoms with Crippen molar-refractivity contribution < 1.29 is 14.5 Å². The number of rotatable bonds is 5. The van der Waals surface area contributed by atoms with Crippen molar-refractivity contribution in [2.75, 3.05) is 5.32 Å². The minimum atomic E-state index is -0.651. The number of nitrogens with one attached hydrogen (secondary N) is 1. The second-order valence-electron chi connectivity index (χ2n) is 5.93. The van der Waals surface area contributed by atoms with Gasteiger partial charge in [-0.05, 0) is 56.3 Å². The van der Waals surface area contributed by atoms with Gasteiger partial charge in [-0.2, -0.15) is 0 Å². The maximum absolute atomic E-state index is 12.4. The molecule has 3 aromatic rings. The summed E-state index contributed by atoms with van der Waals surface area (Å²) in [6.45, 7) is 3.69. The van der Waals surface area contributed by atoms with Crippen LogP contribution >= 0.6 is 11.6 Å². The van der Waals surface area contributed by atoms with Gasteiger partial charge >= 0.3 is 6.01 Å². The van der Waals surface area contributed by atoms with E-state index < -0.39 is 10.8 Å². The third-order valence-electron chi connectivity index (χ3n) is 3.68. The smallest absolute Gasteiger partial charge is 0.322 e. The highest BCUT2D eigenvalue weighted by Crippen LogP contribution is 2.25. The number of ether oxygens (including phenoxy) is 1. The largest absolute Gasteiger partial charge is 0.424 e. The molecule has 1 heterocycles. The van der Waals surface area contributed by atoms with E-state index in [9.17, 15) is 14.9 Å². The van der Waals surface area contributed by atoms with Crippen LogP contribution in [0.3, 0.4) is 0 Å². The van der Waals surface area contributed by atoms with Crippen molar-refractivity contribution >= 4 is 28.9 Å². The van der Waals surface area contributed by atoms with Gasteiger partial charge in [-0.1, -0.05) is 11.6 Å². The molecule has 0 saturated heterocycles. The molecule has 0 aliphatic carbocycles. The van der Waals surface area contributed by atoms with E-state index in [4.69, 9.17) is 16.3 Å². The fourth-order valence-electron chi connectivity index (χ4n) is 2.50. The second-order valence-corrected chi connectivity index (χ2v) is 6.37. The molecule has 0 unspecified atom stereocenters. The summed E-state index contributed by atoms with van der Waals surface area (Å²) in [5.41, 5.74) is 1.57. The van der Waals surface area contributed by atoms with Gasteiger partial charge in [0, 0.05) is 28.2 Å². The maximum Gasteiger partial charge on any atom is 0.322 e. The van der Waals surface area contributed by atoms with Gasteiger partial charge in [-0.15, -0.1) is 0 Å². The summed E-state index contributed by atoms with van der Waals surface area (Å²) in [6, 6.07) is 12.4. The van der Waals surface area contributed by atoms with Crippen LogP contribution in [0, 0.1) is 24.0 Å². The van der Waals surface area contributed by atoms with Crippen molar-refractivity contribution in [2.24, 2.45) is 0 Å². The number of carbonyl (C=O) groups excluding carboxylic acids is 1. The number of benzene rings is 2. The van der Waals surface area contributed by atoms with E-state index in [1.165, 1.54) is 12.1 Å². The van der Waals surface area contributed by atoms with Gasteiger partial charge in [0.2, 0.25) is 0 Å². The van der Waals surface area contributed by atoms with Crippen molar-refractivity contribution in [2.45, 2.75) is 13.8 Å². The number of carbonyl (C=O) groups is 1. The number of nitrogens with zero attached hydrogens (tertiary/aromatic N) is 3. The Balaban J connectivity index is 1.74. The van der Waals surface area contributed by atoms with Crippen LogP contribution in [0.2, 0.25) is 5.02 Å². The summed E-state index contributed by atoms with van der Waals surface area (Å²) in [5, 5.41) is 13.9. The molecule has 28 heavy (non-hydrogen) atoms. The third kappa shape index (κ3) is 4.60. The van der Waals surface area contributed by atoms with Crippen molar-refractivity contribution in [3.8, 4) is 11.8 Å². The highest BCUT2D eigenvalue weighted by Gasteiger charge is 2.20. The van der Waals surface area contributed by atoms with Crippen molar-refractivity contribution in [3.63, 3.8) is 0 Å². The molecule has 0 spiro atoms. The topological polar surface area (TPSA) is 107 Å². The van der Waals surface area contributed by atoms with Crippen LogP contribution in [0.25, 0.3) is 0 Å². The summed E-state index contributed by atoms with van der Waals surface area (Å²) in [4.78, 5) is 31.3. The molecule has 0 fully saturated rings. The van der Waals surface area contributed by atoms with E-state index in [0.717, 1.165) is 17.5 Å². The van der Waals surface area contributed by atoms with Gasteiger partial charge < -0.3 is 10.1 Å². The number of anilines is 1. The van der Waals surface area contributed by atoms with Crippen LogP contribution < -0.4 is 10.1 Å². The predicted molar refractivity (Wildman–Crippen MR) is 104 cm³/mol. The van der Waals surface area contributed by atoms with E-state index >= 15 is 0 Å². The van der Waals surface area contributed by atoms with E-state index in [0.29, 0.717) is 11.4 Å². The fourth-order valence-corrected chi connectivity index (χ4v) is 2.66. The lowest BCUT2D eigenvalue weighted by molar-refractivity contribution is -0.385. The Kier molecular flexibility index (Phi) is 5.51.